The summed E-state index contributed by atoms with van der Waals surface area (Å²) in [6, 6.07) is 10.6. The van der Waals surface area contributed by atoms with E-state index in [-0.39, 0.29) is 0 Å². The lowest BCUT2D eigenvalue weighted by atomic mass is 10.2. The second-order valence-electron chi connectivity index (χ2n) is 3.16. The molecule has 0 unspecified atom stereocenters. The molecule has 0 saturated heterocycles. The van der Waals surface area contributed by atoms with Crippen molar-refractivity contribution in [1.82, 2.24) is 10.2 Å². The van der Waals surface area contributed by atoms with Crippen LogP contribution in [-0.4, -0.2) is 16.4 Å². The van der Waals surface area contributed by atoms with Gasteiger partial charge in [0.2, 0.25) is 0 Å². The molecule has 6 heteroatoms. The highest BCUT2D eigenvalue weighted by Crippen LogP contribution is 2.08. The Labute approximate surface area is 108 Å². The van der Waals surface area contributed by atoms with Crippen LogP contribution >= 0.6 is 23.2 Å². The van der Waals surface area contributed by atoms with Gasteiger partial charge in [-0.1, -0.05) is 35.3 Å². The van der Waals surface area contributed by atoms with Crippen LogP contribution in [0.5, 0.6) is 0 Å². The molecule has 0 aliphatic carbocycles. The van der Waals surface area contributed by atoms with Gasteiger partial charge in [-0.3, -0.25) is 5.43 Å². The monoisotopic (exact) mass is 266 g/mol. The Hall–Kier alpha value is -1.65. The second kappa shape index (κ2) is 5.61. The molecule has 2 aromatic rings. The van der Waals surface area contributed by atoms with Crippen molar-refractivity contribution in [3.05, 3.63) is 52.1 Å². The van der Waals surface area contributed by atoms with Gasteiger partial charge in [0, 0.05) is 5.02 Å². The molecule has 1 heterocycles. The molecule has 0 aliphatic rings. The highest BCUT2D eigenvalue weighted by atomic mass is 35.5. The summed E-state index contributed by atoms with van der Waals surface area (Å²) >= 11 is 11.4. The highest BCUT2D eigenvalue weighted by Gasteiger charge is 1.92. The summed E-state index contributed by atoms with van der Waals surface area (Å²) in [6.45, 7) is 0. The fourth-order valence-electron chi connectivity index (χ4n) is 1.10. The van der Waals surface area contributed by atoms with Crippen molar-refractivity contribution in [2.45, 2.75) is 0 Å². The zero-order chi connectivity index (χ0) is 12.1. The van der Waals surface area contributed by atoms with Gasteiger partial charge >= 0.3 is 0 Å². The zero-order valence-electron chi connectivity index (χ0n) is 8.64. The number of nitrogens with zero attached hydrogens (tertiary/aromatic N) is 3. The molecule has 0 aliphatic heterocycles. The molecule has 0 saturated carbocycles. The lowest BCUT2D eigenvalue weighted by molar-refractivity contribution is 1.02. The van der Waals surface area contributed by atoms with Crippen molar-refractivity contribution in [2.24, 2.45) is 5.10 Å². The van der Waals surface area contributed by atoms with Crippen molar-refractivity contribution in [3.8, 4) is 0 Å². The number of aromatic nitrogens is 2. The van der Waals surface area contributed by atoms with E-state index >= 15 is 0 Å². The molecule has 4 nitrogen and oxygen atoms in total. The standard InChI is InChI=1S/C11H8Cl2N4/c12-9-3-1-8(2-4-9)7-14-16-11-6-5-10(13)15-17-11/h1-7H,(H,16,17). The van der Waals surface area contributed by atoms with Gasteiger partial charge in [0.15, 0.2) is 11.0 Å². The first kappa shape index (κ1) is 11.8. The summed E-state index contributed by atoms with van der Waals surface area (Å²) in [6.07, 6.45) is 1.66. The van der Waals surface area contributed by atoms with Gasteiger partial charge in [-0.25, -0.2) is 0 Å². The van der Waals surface area contributed by atoms with Crippen LogP contribution in [0.3, 0.4) is 0 Å². The van der Waals surface area contributed by atoms with Gasteiger partial charge in [-0.05, 0) is 29.8 Å². The quantitative estimate of drug-likeness (QED) is 0.686. The normalized spacial score (nSPS) is 10.7. The maximum atomic E-state index is 5.77. The predicted molar refractivity (Wildman–Crippen MR) is 69.7 cm³/mol. The van der Waals surface area contributed by atoms with E-state index in [1.54, 1.807) is 30.5 Å². The van der Waals surface area contributed by atoms with Gasteiger partial charge in [0.1, 0.15) is 0 Å². The molecule has 0 atom stereocenters. The van der Waals surface area contributed by atoms with Crippen molar-refractivity contribution in [2.75, 3.05) is 5.43 Å². The summed E-state index contributed by atoms with van der Waals surface area (Å²) in [5.74, 6) is 0.527. The number of benzene rings is 1. The largest absolute Gasteiger partial charge is 0.260 e. The van der Waals surface area contributed by atoms with E-state index in [2.05, 4.69) is 20.7 Å². The Morgan fingerprint density at radius 1 is 1.00 bits per heavy atom. The van der Waals surface area contributed by atoms with Crippen molar-refractivity contribution in [1.29, 1.82) is 0 Å². The minimum Gasteiger partial charge on any atom is -0.260 e. The summed E-state index contributed by atoms with van der Waals surface area (Å²) in [5.41, 5.74) is 3.67. The van der Waals surface area contributed by atoms with Crippen LogP contribution in [0.25, 0.3) is 0 Å². The molecule has 0 fully saturated rings. The Morgan fingerprint density at radius 2 is 1.76 bits per heavy atom. The molecule has 0 spiro atoms. The first-order valence-electron chi connectivity index (χ1n) is 4.78. The third-order valence-corrected chi connectivity index (χ3v) is 2.35. The number of hydrogen-bond acceptors (Lipinski definition) is 4. The van der Waals surface area contributed by atoms with E-state index in [4.69, 9.17) is 23.2 Å². The topological polar surface area (TPSA) is 50.2 Å². The van der Waals surface area contributed by atoms with Gasteiger partial charge in [-0.2, -0.15) is 5.10 Å². The Kier molecular flexibility index (Phi) is 3.90. The average Bonchev–Trinajstić information content (AvgIpc) is 2.34. The van der Waals surface area contributed by atoms with E-state index in [0.29, 0.717) is 16.0 Å². The first-order chi connectivity index (χ1) is 8.24. The van der Waals surface area contributed by atoms with Gasteiger partial charge in [-0.15, -0.1) is 10.2 Å². The minimum absolute atomic E-state index is 0.345. The Bertz CT molecular complexity index is 508. The van der Waals surface area contributed by atoms with E-state index in [1.165, 1.54) is 0 Å². The van der Waals surface area contributed by atoms with E-state index in [1.807, 2.05) is 12.1 Å². The predicted octanol–water partition coefficient (Wildman–Crippen LogP) is 3.23. The summed E-state index contributed by atoms with van der Waals surface area (Å²) in [7, 11) is 0. The third kappa shape index (κ3) is 3.69. The molecule has 86 valence electrons. The van der Waals surface area contributed by atoms with Gasteiger partial charge in [0.25, 0.3) is 0 Å². The number of halogens is 2. The van der Waals surface area contributed by atoms with Gasteiger partial charge in [0.05, 0.1) is 6.21 Å². The van der Waals surface area contributed by atoms with E-state index in [0.717, 1.165) is 5.56 Å². The van der Waals surface area contributed by atoms with E-state index in [9.17, 15) is 0 Å². The molecule has 1 aromatic carbocycles. The highest BCUT2D eigenvalue weighted by molar-refractivity contribution is 6.30. The fourth-order valence-corrected chi connectivity index (χ4v) is 1.32. The van der Waals surface area contributed by atoms with Crippen LogP contribution in [0.1, 0.15) is 5.56 Å². The maximum absolute atomic E-state index is 5.77. The third-order valence-electron chi connectivity index (χ3n) is 1.89. The average molecular weight is 267 g/mol. The Balaban J connectivity index is 1.97. The number of nitrogens with one attached hydrogen (secondary N) is 1. The fraction of sp³-hybridized carbons (Fsp3) is 0. The molecule has 0 radical (unpaired) electrons. The molecule has 0 amide bonds. The van der Waals surface area contributed by atoms with Crippen LogP contribution < -0.4 is 5.43 Å². The lowest BCUT2D eigenvalue weighted by Gasteiger charge is -1.97. The van der Waals surface area contributed by atoms with Crippen molar-refractivity contribution in [3.63, 3.8) is 0 Å². The lowest BCUT2D eigenvalue weighted by Crippen LogP contribution is -1.94. The number of hydrogen-bond donors (Lipinski definition) is 1. The summed E-state index contributed by atoms with van der Waals surface area (Å²) in [5, 5.41) is 12.5. The summed E-state index contributed by atoms with van der Waals surface area (Å²) in [4.78, 5) is 0. The molecule has 17 heavy (non-hydrogen) atoms. The van der Waals surface area contributed by atoms with Gasteiger partial charge < -0.3 is 0 Å². The smallest absolute Gasteiger partial charge is 0.168 e. The van der Waals surface area contributed by atoms with Crippen LogP contribution in [-0.2, 0) is 0 Å². The molecular weight excluding hydrogens is 259 g/mol. The number of rotatable bonds is 3. The molecular formula is C11H8Cl2N4. The van der Waals surface area contributed by atoms with Crippen LogP contribution in [0.15, 0.2) is 41.5 Å². The van der Waals surface area contributed by atoms with Crippen LogP contribution in [0, 0.1) is 0 Å². The molecule has 2 rings (SSSR count). The van der Waals surface area contributed by atoms with E-state index < -0.39 is 0 Å². The SMILES string of the molecule is Clc1ccc(C=NNc2ccc(Cl)nn2)cc1. The van der Waals surface area contributed by atoms with Crippen molar-refractivity contribution < 1.29 is 0 Å². The number of hydrazone groups is 1. The number of anilines is 1. The molecule has 0 bridgehead atoms. The van der Waals surface area contributed by atoms with Crippen molar-refractivity contribution >= 4 is 35.2 Å². The molecule has 1 aromatic heterocycles. The van der Waals surface area contributed by atoms with Crippen LogP contribution in [0.2, 0.25) is 10.2 Å². The molecule has 1 N–H and O–H groups in total. The minimum atomic E-state index is 0.345. The maximum Gasteiger partial charge on any atom is 0.168 e. The van der Waals surface area contributed by atoms with Crippen LogP contribution in [0.4, 0.5) is 5.82 Å². The zero-order valence-corrected chi connectivity index (χ0v) is 10.2. The first-order valence-corrected chi connectivity index (χ1v) is 5.53. The Morgan fingerprint density at radius 3 is 2.41 bits per heavy atom. The second-order valence-corrected chi connectivity index (χ2v) is 3.99. The summed E-state index contributed by atoms with van der Waals surface area (Å²) < 4.78 is 0.